The molecule has 3 heterocycles. The third-order valence-corrected chi connectivity index (χ3v) is 7.17. The van der Waals surface area contributed by atoms with E-state index in [9.17, 15) is 9.00 Å². The molecule has 0 aromatic carbocycles. The van der Waals surface area contributed by atoms with E-state index < -0.39 is 10.8 Å². The van der Waals surface area contributed by atoms with Gasteiger partial charge in [0.15, 0.2) is 0 Å². The van der Waals surface area contributed by atoms with E-state index in [1.54, 1.807) is 11.3 Å². The molecular formula is C21H31N3O3S2. The first kappa shape index (κ1) is 22.2. The van der Waals surface area contributed by atoms with E-state index in [2.05, 4.69) is 29.0 Å². The highest BCUT2D eigenvalue weighted by atomic mass is 32.2. The highest BCUT2D eigenvalue weighted by molar-refractivity contribution is 7.84. The smallest absolute Gasteiger partial charge is 0.236 e. The van der Waals surface area contributed by atoms with Gasteiger partial charge in [-0.25, -0.2) is 4.98 Å². The van der Waals surface area contributed by atoms with Crippen LogP contribution in [0.4, 0.5) is 0 Å². The van der Waals surface area contributed by atoms with Crippen molar-refractivity contribution in [3.05, 3.63) is 29.0 Å². The normalized spacial score (nSPS) is 21.2. The van der Waals surface area contributed by atoms with Crippen molar-refractivity contribution in [1.29, 1.82) is 0 Å². The van der Waals surface area contributed by atoms with Crippen molar-refractivity contribution in [2.45, 2.75) is 39.4 Å². The first-order valence-corrected chi connectivity index (χ1v) is 12.6. The number of likely N-dealkylation sites (tertiary alicyclic amines) is 1. The van der Waals surface area contributed by atoms with Gasteiger partial charge in [-0.2, -0.15) is 0 Å². The van der Waals surface area contributed by atoms with E-state index in [0.717, 1.165) is 42.8 Å². The third kappa shape index (κ3) is 6.76. The Kier molecular flexibility index (Phi) is 8.03. The van der Waals surface area contributed by atoms with Crippen molar-refractivity contribution in [1.82, 2.24) is 15.2 Å². The lowest BCUT2D eigenvalue weighted by Crippen LogP contribution is -2.40. The lowest BCUT2D eigenvalue weighted by molar-refractivity contribution is -0.118. The summed E-state index contributed by atoms with van der Waals surface area (Å²) in [7, 11) is -1.31. The van der Waals surface area contributed by atoms with Gasteiger partial charge in [-0.15, -0.1) is 11.3 Å². The predicted octanol–water partition coefficient (Wildman–Crippen LogP) is 3.44. The molecule has 160 valence electrons. The molecular weight excluding hydrogens is 406 g/mol. The number of oxazole rings is 1. The first-order chi connectivity index (χ1) is 13.9. The molecule has 29 heavy (non-hydrogen) atoms. The summed E-state index contributed by atoms with van der Waals surface area (Å²) in [6, 6.07) is 3.88. The van der Waals surface area contributed by atoms with E-state index in [1.807, 2.05) is 24.4 Å². The zero-order valence-corrected chi connectivity index (χ0v) is 19.1. The summed E-state index contributed by atoms with van der Waals surface area (Å²) < 4.78 is 18.1. The monoisotopic (exact) mass is 437 g/mol. The maximum absolute atomic E-state index is 12.4. The van der Waals surface area contributed by atoms with Gasteiger partial charge in [0, 0.05) is 30.4 Å². The summed E-state index contributed by atoms with van der Waals surface area (Å²) in [4.78, 5) is 20.0. The van der Waals surface area contributed by atoms with Crippen molar-refractivity contribution in [3.63, 3.8) is 0 Å². The van der Waals surface area contributed by atoms with Gasteiger partial charge in [0.2, 0.25) is 11.8 Å². The topological polar surface area (TPSA) is 75.4 Å². The number of hydrogen-bond acceptors (Lipinski definition) is 6. The number of aryl methyl sites for hydroxylation is 1. The number of hydrogen-bond donors (Lipinski definition) is 1. The Labute approximate surface area is 179 Å². The van der Waals surface area contributed by atoms with Crippen LogP contribution in [0.3, 0.4) is 0 Å². The zero-order valence-electron chi connectivity index (χ0n) is 17.5. The van der Waals surface area contributed by atoms with Crippen LogP contribution in [0, 0.1) is 18.8 Å². The molecule has 3 rings (SSSR count). The summed E-state index contributed by atoms with van der Waals surface area (Å²) in [6.45, 7) is 10.3. The molecule has 0 spiro atoms. The molecule has 3 atom stereocenters. The lowest BCUT2D eigenvalue weighted by Gasteiger charge is -2.34. The predicted molar refractivity (Wildman–Crippen MR) is 118 cm³/mol. The molecule has 0 bridgehead atoms. The molecule has 2 aromatic heterocycles. The Bertz CT molecular complexity index is 809. The van der Waals surface area contributed by atoms with E-state index >= 15 is 0 Å². The SMILES string of the molecule is Cc1oc(-c2cccs2)nc1C[S@](=O)CC(=O)NCCCN1C[C@H](C)C[C@H](C)C1. The molecule has 1 amide bonds. The third-order valence-electron chi connectivity index (χ3n) is 5.13. The Morgan fingerprint density at radius 2 is 2.14 bits per heavy atom. The van der Waals surface area contributed by atoms with Crippen LogP contribution in [-0.4, -0.2) is 51.9 Å². The number of carbonyl (C=O) groups is 1. The van der Waals surface area contributed by atoms with E-state index in [0.29, 0.717) is 23.9 Å². The quantitative estimate of drug-likeness (QED) is 0.608. The number of thiophene rings is 1. The van der Waals surface area contributed by atoms with E-state index in [-0.39, 0.29) is 17.4 Å². The molecule has 0 aliphatic carbocycles. The maximum atomic E-state index is 12.4. The fourth-order valence-corrected chi connectivity index (χ4v) is 5.69. The first-order valence-electron chi connectivity index (χ1n) is 10.2. The summed E-state index contributed by atoms with van der Waals surface area (Å²) in [6.07, 6.45) is 2.23. The van der Waals surface area contributed by atoms with Gasteiger partial charge < -0.3 is 14.6 Å². The van der Waals surface area contributed by atoms with Gasteiger partial charge in [-0.05, 0) is 49.6 Å². The maximum Gasteiger partial charge on any atom is 0.236 e. The minimum absolute atomic E-state index is 0.00157. The molecule has 8 heteroatoms. The fourth-order valence-electron chi connectivity index (χ4n) is 3.97. The number of piperidine rings is 1. The second kappa shape index (κ2) is 10.5. The van der Waals surface area contributed by atoms with Gasteiger partial charge in [-0.3, -0.25) is 9.00 Å². The number of nitrogens with one attached hydrogen (secondary N) is 1. The van der Waals surface area contributed by atoms with Crippen molar-refractivity contribution >= 4 is 28.0 Å². The Morgan fingerprint density at radius 3 is 2.83 bits per heavy atom. The summed E-state index contributed by atoms with van der Waals surface area (Å²) in [5.74, 6) is 2.77. The minimum atomic E-state index is -1.31. The van der Waals surface area contributed by atoms with Crippen molar-refractivity contribution in [2.24, 2.45) is 11.8 Å². The average Bonchev–Trinajstić information content (AvgIpc) is 3.28. The second-order valence-electron chi connectivity index (χ2n) is 8.14. The molecule has 2 aromatic rings. The molecule has 1 N–H and O–H groups in total. The summed E-state index contributed by atoms with van der Waals surface area (Å²) in [5, 5.41) is 4.86. The standard InChI is InChI=1S/C21H31N3O3S2/c1-15-10-16(2)12-24(11-15)8-5-7-22-20(25)14-29(26)13-18-17(3)27-21(23-18)19-6-4-9-28-19/h4,6,9,15-16H,5,7-8,10-14H2,1-3H3,(H,22,25)/t15-,16+,29-/m0/s1. The van der Waals surface area contributed by atoms with Crippen LogP contribution in [0.25, 0.3) is 10.8 Å². The van der Waals surface area contributed by atoms with Gasteiger partial charge in [0.1, 0.15) is 11.5 Å². The molecule has 6 nitrogen and oxygen atoms in total. The molecule has 0 radical (unpaired) electrons. The van der Waals surface area contributed by atoms with Crippen molar-refractivity contribution < 1.29 is 13.4 Å². The Morgan fingerprint density at radius 1 is 1.38 bits per heavy atom. The zero-order chi connectivity index (χ0) is 20.8. The van der Waals surface area contributed by atoms with Gasteiger partial charge in [-0.1, -0.05) is 19.9 Å². The summed E-state index contributed by atoms with van der Waals surface area (Å²) >= 11 is 1.55. The Balaban J connectivity index is 1.37. The van der Waals surface area contributed by atoms with Crippen LogP contribution in [0.5, 0.6) is 0 Å². The van der Waals surface area contributed by atoms with Crippen LogP contribution < -0.4 is 5.32 Å². The molecule has 0 unspecified atom stereocenters. The Hall–Kier alpha value is -1.51. The van der Waals surface area contributed by atoms with E-state index in [4.69, 9.17) is 4.42 Å². The molecule has 1 fully saturated rings. The number of aromatic nitrogens is 1. The molecule has 0 saturated carbocycles. The van der Waals surface area contributed by atoms with Crippen LogP contribution in [-0.2, 0) is 21.3 Å². The number of rotatable bonds is 9. The van der Waals surface area contributed by atoms with Crippen LogP contribution in [0.15, 0.2) is 21.9 Å². The lowest BCUT2D eigenvalue weighted by atomic mass is 9.92. The van der Waals surface area contributed by atoms with Gasteiger partial charge >= 0.3 is 0 Å². The largest absolute Gasteiger partial charge is 0.440 e. The van der Waals surface area contributed by atoms with Crippen LogP contribution in [0.1, 0.15) is 38.1 Å². The average molecular weight is 438 g/mol. The number of nitrogens with zero attached hydrogens (tertiary/aromatic N) is 2. The highest BCUT2D eigenvalue weighted by Crippen LogP contribution is 2.26. The van der Waals surface area contributed by atoms with Gasteiger partial charge in [0.05, 0.1) is 16.3 Å². The highest BCUT2D eigenvalue weighted by Gasteiger charge is 2.21. The molecule has 1 saturated heterocycles. The molecule has 1 aliphatic heterocycles. The van der Waals surface area contributed by atoms with Crippen LogP contribution >= 0.6 is 11.3 Å². The van der Waals surface area contributed by atoms with Crippen molar-refractivity contribution in [3.8, 4) is 10.8 Å². The fraction of sp³-hybridized carbons (Fsp3) is 0.619. The van der Waals surface area contributed by atoms with Gasteiger partial charge in [0.25, 0.3) is 0 Å². The molecule has 1 aliphatic rings. The number of carbonyl (C=O) groups excluding carboxylic acids is 1. The van der Waals surface area contributed by atoms with Crippen LogP contribution in [0.2, 0.25) is 0 Å². The summed E-state index contributed by atoms with van der Waals surface area (Å²) in [5.41, 5.74) is 0.660. The van der Waals surface area contributed by atoms with Crippen molar-refractivity contribution in [2.75, 3.05) is 31.9 Å². The van der Waals surface area contributed by atoms with E-state index in [1.165, 1.54) is 6.42 Å². The number of amides is 1. The second-order valence-corrected chi connectivity index (χ2v) is 10.5. The minimum Gasteiger partial charge on any atom is -0.440 e.